The van der Waals surface area contributed by atoms with Crippen LogP contribution in [0.5, 0.6) is 0 Å². The molecule has 2 rings (SSSR count). The van der Waals surface area contributed by atoms with E-state index in [9.17, 15) is 4.79 Å². The van der Waals surface area contributed by atoms with Crippen molar-refractivity contribution < 1.29 is 9.53 Å². The van der Waals surface area contributed by atoms with E-state index in [2.05, 4.69) is 5.32 Å². The molecule has 0 aromatic carbocycles. The second-order valence-electron chi connectivity index (χ2n) is 2.63. The second-order valence-corrected chi connectivity index (χ2v) is 2.63. The highest BCUT2D eigenvalue weighted by molar-refractivity contribution is 5.70. The van der Waals surface area contributed by atoms with Gasteiger partial charge in [-0.2, -0.15) is 0 Å². The van der Waals surface area contributed by atoms with Crippen LogP contribution >= 0.6 is 0 Å². The van der Waals surface area contributed by atoms with Crippen molar-refractivity contribution in [3.63, 3.8) is 0 Å². The van der Waals surface area contributed by atoms with Gasteiger partial charge in [0.25, 0.3) is 0 Å². The van der Waals surface area contributed by atoms with Crippen molar-refractivity contribution in [2.45, 2.75) is 18.1 Å². The number of carbonyl (C=O) groups excluding carboxylic acids is 1. The van der Waals surface area contributed by atoms with Gasteiger partial charge in [-0.1, -0.05) is 0 Å². The van der Waals surface area contributed by atoms with Gasteiger partial charge in [-0.05, 0) is 0 Å². The van der Waals surface area contributed by atoms with E-state index in [0.29, 0.717) is 12.6 Å². The lowest BCUT2D eigenvalue weighted by Crippen LogP contribution is -2.39. The minimum absolute atomic E-state index is 0.323. The Bertz CT molecular complexity index is 148. The number of hydrogen-bond donors (Lipinski definition) is 1. The SMILES string of the molecule is O=CC12CC1NCCO2. The van der Waals surface area contributed by atoms with E-state index in [0.717, 1.165) is 19.3 Å². The zero-order valence-electron chi connectivity index (χ0n) is 5.09. The molecular weight excluding hydrogens is 118 g/mol. The van der Waals surface area contributed by atoms with Crippen molar-refractivity contribution in [1.82, 2.24) is 5.32 Å². The van der Waals surface area contributed by atoms with E-state index in [1.807, 2.05) is 0 Å². The molecule has 3 nitrogen and oxygen atoms in total. The summed E-state index contributed by atoms with van der Waals surface area (Å²) in [5, 5.41) is 3.19. The Morgan fingerprint density at radius 2 is 2.67 bits per heavy atom. The molecule has 0 bridgehead atoms. The molecule has 2 aliphatic rings. The Labute approximate surface area is 53.4 Å². The first-order valence-electron chi connectivity index (χ1n) is 3.21. The van der Waals surface area contributed by atoms with Crippen molar-refractivity contribution in [3.8, 4) is 0 Å². The summed E-state index contributed by atoms with van der Waals surface area (Å²) < 4.78 is 5.26. The summed E-state index contributed by atoms with van der Waals surface area (Å²) in [5.74, 6) is 0. The fourth-order valence-electron chi connectivity index (χ4n) is 1.30. The van der Waals surface area contributed by atoms with E-state index in [-0.39, 0.29) is 0 Å². The molecule has 2 atom stereocenters. The van der Waals surface area contributed by atoms with Crippen LogP contribution in [0, 0.1) is 0 Å². The normalized spacial score (nSPS) is 47.8. The summed E-state index contributed by atoms with van der Waals surface area (Å²) in [6.45, 7) is 1.56. The quantitative estimate of drug-likeness (QED) is 0.474. The average Bonchev–Trinajstić information content (AvgIpc) is 2.62. The van der Waals surface area contributed by atoms with E-state index in [4.69, 9.17) is 4.74 Å². The Morgan fingerprint density at radius 3 is 3.22 bits per heavy atom. The number of nitrogens with one attached hydrogen (secondary N) is 1. The van der Waals surface area contributed by atoms with Crippen LogP contribution in [0.1, 0.15) is 6.42 Å². The van der Waals surface area contributed by atoms with Gasteiger partial charge in [0.05, 0.1) is 6.61 Å². The first kappa shape index (κ1) is 5.38. The Kier molecular flexibility index (Phi) is 0.926. The highest BCUT2D eigenvalue weighted by Crippen LogP contribution is 2.39. The molecule has 1 heterocycles. The van der Waals surface area contributed by atoms with Crippen molar-refractivity contribution >= 4 is 6.29 Å². The zero-order chi connectivity index (χ0) is 6.32. The molecule has 0 aromatic rings. The number of fused-ring (bicyclic) bond motifs is 1. The van der Waals surface area contributed by atoms with Crippen LogP contribution in [0.25, 0.3) is 0 Å². The number of carbonyl (C=O) groups is 1. The molecule has 2 fully saturated rings. The van der Waals surface area contributed by atoms with Crippen molar-refractivity contribution in [2.75, 3.05) is 13.2 Å². The number of ether oxygens (including phenoxy) is 1. The maximum Gasteiger partial charge on any atom is 0.153 e. The highest BCUT2D eigenvalue weighted by Gasteiger charge is 2.57. The van der Waals surface area contributed by atoms with Crippen LogP contribution in [0.2, 0.25) is 0 Å². The van der Waals surface area contributed by atoms with E-state index in [1.165, 1.54) is 0 Å². The summed E-state index contributed by atoms with van der Waals surface area (Å²) in [5.41, 5.74) is -0.405. The summed E-state index contributed by atoms with van der Waals surface area (Å²) in [6.07, 6.45) is 1.79. The standard InChI is InChI=1S/C6H9NO2/c8-4-6-3-5(6)7-1-2-9-6/h4-5,7H,1-3H2. The minimum Gasteiger partial charge on any atom is -0.364 e. The van der Waals surface area contributed by atoms with Crippen LogP contribution < -0.4 is 5.32 Å². The first-order valence-corrected chi connectivity index (χ1v) is 3.21. The summed E-state index contributed by atoms with van der Waals surface area (Å²) in [7, 11) is 0. The molecule has 0 radical (unpaired) electrons. The smallest absolute Gasteiger partial charge is 0.153 e. The van der Waals surface area contributed by atoms with Gasteiger partial charge in [-0.25, -0.2) is 0 Å². The van der Waals surface area contributed by atoms with Crippen LogP contribution in [-0.2, 0) is 9.53 Å². The molecular formula is C6H9NO2. The van der Waals surface area contributed by atoms with Gasteiger partial charge in [-0.15, -0.1) is 0 Å². The molecule has 1 aliphatic heterocycles. The molecule has 50 valence electrons. The lowest BCUT2D eigenvalue weighted by Gasteiger charge is -2.17. The molecule has 2 unspecified atom stereocenters. The molecule has 1 saturated carbocycles. The van der Waals surface area contributed by atoms with Crippen molar-refractivity contribution in [2.24, 2.45) is 0 Å². The van der Waals surface area contributed by atoms with E-state index in [1.54, 1.807) is 0 Å². The number of morpholine rings is 1. The maximum atomic E-state index is 10.4. The topological polar surface area (TPSA) is 38.3 Å². The molecule has 9 heavy (non-hydrogen) atoms. The van der Waals surface area contributed by atoms with E-state index < -0.39 is 5.60 Å². The maximum absolute atomic E-state index is 10.4. The molecule has 0 aromatic heterocycles. The fourth-order valence-corrected chi connectivity index (χ4v) is 1.30. The van der Waals surface area contributed by atoms with Crippen LogP contribution in [-0.4, -0.2) is 31.1 Å². The van der Waals surface area contributed by atoms with E-state index >= 15 is 0 Å². The Hall–Kier alpha value is -0.410. The minimum atomic E-state index is -0.405. The molecule has 0 spiro atoms. The average molecular weight is 127 g/mol. The highest BCUT2D eigenvalue weighted by atomic mass is 16.5. The van der Waals surface area contributed by atoms with Gasteiger partial charge >= 0.3 is 0 Å². The Balaban J connectivity index is 2.09. The summed E-state index contributed by atoms with van der Waals surface area (Å²) in [6, 6.07) is 0.323. The number of aldehydes is 1. The molecule has 3 heteroatoms. The van der Waals surface area contributed by atoms with Crippen molar-refractivity contribution in [3.05, 3.63) is 0 Å². The lowest BCUT2D eigenvalue weighted by molar-refractivity contribution is -0.122. The third kappa shape index (κ3) is 0.618. The predicted octanol–water partition coefficient (Wildman–Crippen LogP) is -0.684. The molecule has 1 N–H and O–H groups in total. The van der Waals surface area contributed by atoms with Gasteiger partial charge in [0.15, 0.2) is 6.29 Å². The van der Waals surface area contributed by atoms with Gasteiger partial charge < -0.3 is 14.8 Å². The Morgan fingerprint density at radius 1 is 1.78 bits per heavy atom. The van der Waals surface area contributed by atoms with Crippen molar-refractivity contribution in [1.29, 1.82) is 0 Å². The molecule has 1 aliphatic carbocycles. The predicted molar refractivity (Wildman–Crippen MR) is 31.2 cm³/mol. The lowest BCUT2D eigenvalue weighted by atomic mass is 10.3. The first-order chi connectivity index (χ1) is 4.37. The molecule has 1 saturated heterocycles. The van der Waals surface area contributed by atoms with Crippen LogP contribution in [0.3, 0.4) is 0 Å². The largest absolute Gasteiger partial charge is 0.364 e. The second kappa shape index (κ2) is 1.55. The van der Waals surface area contributed by atoms with Gasteiger partial charge in [-0.3, -0.25) is 0 Å². The van der Waals surface area contributed by atoms with Gasteiger partial charge in [0.2, 0.25) is 0 Å². The molecule has 0 amide bonds. The summed E-state index contributed by atoms with van der Waals surface area (Å²) >= 11 is 0. The third-order valence-electron chi connectivity index (χ3n) is 2.02. The van der Waals surface area contributed by atoms with Gasteiger partial charge in [0.1, 0.15) is 5.60 Å². The summed E-state index contributed by atoms with van der Waals surface area (Å²) in [4.78, 5) is 10.4. The zero-order valence-corrected chi connectivity index (χ0v) is 5.09. The van der Waals surface area contributed by atoms with Gasteiger partial charge in [0, 0.05) is 19.0 Å². The number of rotatable bonds is 1. The fraction of sp³-hybridized carbons (Fsp3) is 0.833. The third-order valence-corrected chi connectivity index (χ3v) is 2.02. The number of hydrogen-bond acceptors (Lipinski definition) is 3. The van der Waals surface area contributed by atoms with Crippen LogP contribution in [0.15, 0.2) is 0 Å². The monoisotopic (exact) mass is 127 g/mol. The van der Waals surface area contributed by atoms with Crippen LogP contribution in [0.4, 0.5) is 0 Å².